The van der Waals surface area contributed by atoms with E-state index in [9.17, 15) is 14.4 Å². The largest absolute Gasteiger partial charge is 0.462 e. The van der Waals surface area contributed by atoms with Crippen molar-refractivity contribution in [2.75, 3.05) is 13.2 Å². The van der Waals surface area contributed by atoms with Gasteiger partial charge in [-0.25, -0.2) is 0 Å². The molecule has 0 N–H and O–H groups in total. The lowest BCUT2D eigenvalue weighted by atomic mass is 10.0. The van der Waals surface area contributed by atoms with Crippen molar-refractivity contribution in [2.45, 2.75) is 386 Å². The molecule has 0 aromatic rings. The maximum atomic E-state index is 12.9. The topological polar surface area (TPSA) is 78.9 Å². The lowest BCUT2D eigenvalue weighted by Crippen LogP contribution is -2.30. The van der Waals surface area contributed by atoms with Gasteiger partial charge >= 0.3 is 17.9 Å². The highest BCUT2D eigenvalue weighted by Gasteiger charge is 2.19. The van der Waals surface area contributed by atoms with Gasteiger partial charge in [0.15, 0.2) is 6.10 Å². The molecule has 0 aromatic heterocycles. The molecule has 0 bridgehead atoms. The second-order valence-electron chi connectivity index (χ2n) is 23.8. The normalized spacial score (nSPS) is 12.3. The summed E-state index contributed by atoms with van der Waals surface area (Å²) < 4.78 is 16.9. The minimum absolute atomic E-state index is 0.0806. The second kappa shape index (κ2) is 67.9. The minimum Gasteiger partial charge on any atom is -0.462 e. The average molecular weight is 1110 g/mol. The predicted octanol–water partition coefficient (Wildman–Crippen LogP) is 24.1. The third-order valence-electron chi connectivity index (χ3n) is 15.8. The zero-order chi connectivity index (χ0) is 57.1. The van der Waals surface area contributed by atoms with Crippen molar-refractivity contribution in [3.63, 3.8) is 0 Å². The average Bonchev–Trinajstić information content (AvgIpc) is 3.45. The summed E-state index contributed by atoms with van der Waals surface area (Å²) in [4.78, 5) is 38.3. The molecule has 0 rings (SSSR count). The number of carbonyl (C=O) groups excluding carboxylic acids is 3. The lowest BCUT2D eigenvalue weighted by molar-refractivity contribution is -0.167. The Morgan fingerprint density at radius 1 is 0.266 bits per heavy atom. The molecule has 0 radical (unpaired) electrons. The number of hydrogen-bond donors (Lipinski definition) is 0. The van der Waals surface area contributed by atoms with Crippen LogP contribution in [0.3, 0.4) is 0 Å². The first-order valence-corrected chi connectivity index (χ1v) is 35.1. The third kappa shape index (κ3) is 66.1. The first-order valence-electron chi connectivity index (χ1n) is 35.1. The highest BCUT2D eigenvalue weighted by molar-refractivity contribution is 5.71. The molecule has 0 aliphatic heterocycles. The van der Waals surface area contributed by atoms with Crippen LogP contribution in [0.25, 0.3) is 0 Å². The van der Waals surface area contributed by atoms with Crippen molar-refractivity contribution in [2.24, 2.45) is 0 Å². The SMILES string of the molecule is CC/C=C\C/C=C\C/C=C\CCCCCC(=O)OCC(COC(=O)CCCCCCCCCCCCCCCCCCCCCCCCCCCCCCCC)OC(=O)CCCCCCCCC/C=C\CCCCCCCCC. The fourth-order valence-corrected chi connectivity index (χ4v) is 10.6. The summed E-state index contributed by atoms with van der Waals surface area (Å²) in [5.74, 6) is -0.893. The van der Waals surface area contributed by atoms with E-state index >= 15 is 0 Å². The molecule has 0 aliphatic rings. The number of rotatable bonds is 65. The molecule has 0 fully saturated rings. The molecule has 1 atom stereocenters. The van der Waals surface area contributed by atoms with Crippen LogP contribution in [0, 0.1) is 0 Å². The molecule has 0 amide bonds. The van der Waals surface area contributed by atoms with Crippen LogP contribution >= 0.6 is 0 Å². The van der Waals surface area contributed by atoms with Crippen molar-refractivity contribution >= 4 is 17.9 Å². The molecule has 0 saturated carbocycles. The molecule has 0 spiro atoms. The highest BCUT2D eigenvalue weighted by atomic mass is 16.6. The summed E-state index contributed by atoms with van der Waals surface area (Å²) in [6, 6.07) is 0. The van der Waals surface area contributed by atoms with Crippen LogP contribution < -0.4 is 0 Å². The van der Waals surface area contributed by atoms with Crippen molar-refractivity contribution in [3.05, 3.63) is 48.6 Å². The molecule has 6 nitrogen and oxygen atoms in total. The quantitative estimate of drug-likeness (QED) is 0.0261. The number of unbranched alkanes of at least 4 members (excludes halogenated alkanes) is 46. The monoisotopic (exact) mass is 1110 g/mol. The minimum atomic E-state index is -0.787. The van der Waals surface area contributed by atoms with Gasteiger partial charge in [0, 0.05) is 19.3 Å². The maximum Gasteiger partial charge on any atom is 0.306 e. The molecule has 0 saturated heterocycles. The Bertz CT molecular complexity index is 1360. The summed E-state index contributed by atoms with van der Waals surface area (Å²) in [5.41, 5.74) is 0. The standard InChI is InChI=1S/C73H134O6/c1-4-7-10-13-16-19-22-25-27-29-31-32-33-34-35-36-37-38-39-40-41-42-44-45-48-51-54-57-60-63-66-72(75)78-69-70(68-77-71(74)65-62-59-56-53-50-47-24-21-18-15-12-9-6-3)79-73(76)67-64-61-58-55-52-49-46-43-30-28-26-23-20-17-14-11-8-5-2/h9,12,18,21,28,30,47,50,70H,4-8,10-11,13-17,19-20,22-27,29,31-46,48-49,51-69H2,1-3H3/b12-9-,21-18-,30-28-,50-47-. The van der Waals surface area contributed by atoms with Crippen LogP contribution in [-0.4, -0.2) is 37.2 Å². The van der Waals surface area contributed by atoms with Crippen molar-refractivity contribution < 1.29 is 28.6 Å². The maximum absolute atomic E-state index is 12.9. The Labute approximate surface area is 492 Å². The van der Waals surface area contributed by atoms with Crippen LogP contribution in [0.2, 0.25) is 0 Å². The summed E-state index contributed by atoms with van der Waals surface area (Å²) >= 11 is 0. The van der Waals surface area contributed by atoms with E-state index in [4.69, 9.17) is 14.2 Å². The molecule has 0 heterocycles. The van der Waals surface area contributed by atoms with Crippen LogP contribution in [0.1, 0.15) is 380 Å². The van der Waals surface area contributed by atoms with E-state index in [2.05, 4.69) is 69.4 Å². The van der Waals surface area contributed by atoms with Crippen molar-refractivity contribution in [1.29, 1.82) is 0 Å². The summed E-state index contributed by atoms with van der Waals surface area (Å²) in [5, 5.41) is 0. The zero-order valence-corrected chi connectivity index (χ0v) is 53.2. The van der Waals surface area contributed by atoms with E-state index in [-0.39, 0.29) is 31.1 Å². The van der Waals surface area contributed by atoms with Gasteiger partial charge in [-0.3, -0.25) is 14.4 Å². The number of esters is 3. The zero-order valence-electron chi connectivity index (χ0n) is 53.2. The van der Waals surface area contributed by atoms with Gasteiger partial charge in [0.05, 0.1) is 0 Å². The summed E-state index contributed by atoms with van der Waals surface area (Å²) in [7, 11) is 0. The van der Waals surface area contributed by atoms with Crippen molar-refractivity contribution in [3.8, 4) is 0 Å². The Hall–Kier alpha value is -2.63. The molecule has 0 aliphatic carbocycles. The molecule has 79 heavy (non-hydrogen) atoms. The number of ether oxygens (including phenoxy) is 3. The Morgan fingerprint density at radius 2 is 0.494 bits per heavy atom. The van der Waals surface area contributed by atoms with E-state index in [1.165, 1.54) is 257 Å². The van der Waals surface area contributed by atoms with Gasteiger partial charge in [0.1, 0.15) is 13.2 Å². The van der Waals surface area contributed by atoms with Crippen molar-refractivity contribution in [1.82, 2.24) is 0 Å². The van der Waals surface area contributed by atoms with E-state index in [0.29, 0.717) is 19.3 Å². The Kier molecular flexibility index (Phi) is 65.6. The third-order valence-corrected chi connectivity index (χ3v) is 15.8. The van der Waals surface area contributed by atoms with Crippen LogP contribution in [0.4, 0.5) is 0 Å². The van der Waals surface area contributed by atoms with E-state index < -0.39 is 6.10 Å². The fraction of sp³-hybridized carbons (Fsp3) is 0.849. The van der Waals surface area contributed by atoms with Gasteiger partial charge in [-0.15, -0.1) is 0 Å². The van der Waals surface area contributed by atoms with E-state index in [1.807, 2.05) is 0 Å². The molecule has 6 heteroatoms. The number of allylic oxidation sites excluding steroid dienone is 8. The smallest absolute Gasteiger partial charge is 0.306 e. The van der Waals surface area contributed by atoms with E-state index in [1.54, 1.807) is 0 Å². The fourth-order valence-electron chi connectivity index (χ4n) is 10.6. The van der Waals surface area contributed by atoms with Gasteiger partial charge in [-0.2, -0.15) is 0 Å². The Morgan fingerprint density at radius 3 is 0.797 bits per heavy atom. The van der Waals surface area contributed by atoms with Gasteiger partial charge in [-0.1, -0.05) is 333 Å². The number of hydrogen-bond acceptors (Lipinski definition) is 6. The van der Waals surface area contributed by atoms with Gasteiger partial charge in [0.25, 0.3) is 0 Å². The lowest BCUT2D eigenvalue weighted by Gasteiger charge is -2.18. The van der Waals surface area contributed by atoms with Gasteiger partial charge in [0.2, 0.25) is 0 Å². The molecular formula is C73H134O6. The number of carbonyl (C=O) groups is 3. The highest BCUT2D eigenvalue weighted by Crippen LogP contribution is 2.18. The van der Waals surface area contributed by atoms with Gasteiger partial charge in [-0.05, 0) is 77.0 Å². The summed E-state index contributed by atoms with van der Waals surface area (Å²) in [6.45, 7) is 6.56. The first kappa shape index (κ1) is 76.4. The molecule has 0 aromatic carbocycles. The van der Waals surface area contributed by atoms with Gasteiger partial charge < -0.3 is 14.2 Å². The van der Waals surface area contributed by atoms with E-state index in [0.717, 1.165) is 83.5 Å². The molecule has 1 unspecified atom stereocenters. The van der Waals surface area contributed by atoms with Crippen LogP contribution in [-0.2, 0) is 28.6 Å². The van der Waals surface area contributed by atoms with Crippen LogP contribution in [0.15, 0.2) is 48.6 Å². The summed E-state index contributed by atoms with van der Waals surface area (Å²) in [6.07, 6.45) is 85.9. The molecular weight excluding hydrogens is 973 g/mol. The molecule has 462 valence electrons. The second-order valence-corrected chi connectivity index (χ2v) is 23.8. The first-order chi connectivity index (χ1) is 39.0. The van der Waals surface area contributed by atoms with Crippen LogP contribution in [0.5, 0.6) is 0 Å². The predicted molar refractivity (Wildman–Crippen MR) is 344 cm³/mol. The Balaban J connectivity index is 4.17.